The van der Waals surface area contributed by atoms with Crippen LogP contribution in [-0.2, 0) is 9.84 Å². The Bertz CT molecular complexity index is 1090. The quantitative estimate of drug-likeness (QED) is 0.696. The highest BCUT2D eigenvalue weighted by atomic mass is 35.5. The largest absolute Gasteiger partial charge is 0.360 e. The molecule has 0 saturated heterocycles. The number of benzene rings is 2. The van der Waals surface area contributed by atoms with Gasteiger partial charge in [0.2, 0.25) is 15.3 Å². The monoisotopic (exact) mass is 371 g/mol. The van der Waals surface area contributed by atoms with Gasteiger partial charge in [-0.15, -0.1) is 0 Å². The molecule has 118 valence electrons. The molecule has 1 aromatic heterocycles. The molecule has 0 fully saturated rings. The van der Waals surface area contributed by atoms with Crippen LogP contribution in [0.25, 0.3) is 10.9 Å². The third-order valence-electron chi connectivity index (χ3n) is 3.30. The Labute approximate surface area is 140 Å². The highest BCUT2D eigenvalue weighted by molar-refractivity contribution is 7.91. The molecule has 0 aliphatic carbocycles. The number of fused-ring (bicyclic) bond motifs is 1. The van der Waals surface area contributed by atoms with Crippen LogP contribution in [0.3, 0.4) is 0 Å². The number of H-pyrrole nitrogens is 1. The predicted octanol–water partition coefficient (Wildman–Crippen LogP) is 3.81. The van der Waals surface area contributed by atoms with E-state index in [0.717, 1.165) is 24.4 Å². The summed E-state index contributed by atoms with van der Waals surface area (Å²) in [4.78, 5) is 14.5. The first-order chi connectivity index (χ1) is 10.8. The molecule has 2 aromatic carbocycles. The van der Waals surface area contributed by atoms with Gasteiger partial charge in [0.25, 0.3) is 0 Å². The van der Waals surface area contributed by atoms with Gasteiger partial charge in [-0.3, -0.25) is 4.79 Å². The van der Waals surface area contributed by atoms with Crippen LogP contribution in [-0.4, -0.2) is 13.4 Å². The minimum atomic E-state index is -4.14. The number of rotatable bonds is 2. The zero-order valence-electron chi connectivity index (χ0n) is 11.3. The van der Waals surface area contributed by atoms with E-state index in [1.54, 1.807) is 0 Å². The van der Waals surface area contributed by atoms with Crippen molar-refractivity contribution >= 4 is 43.9 Å². The van der Waals surface area contributed by atoms with Crippen LogP contribution in [0.2, 0.25) is 10.0 Å². The zero-order valence-corrected chi connectivity index (χ0v) is 13.6. The maximum atomic E-state index is 13.2. The highest BCUT2D eigenvalue weighted by Gasteiger charge is 2.23. The smallest absolute Gasteiger partial charge is 0.211 e. The lowest BCUT2D eigenvalue weighted by molar-refractivity contribution is 0.594. The standard InChI is InChI=1S/C15H8Cl2FNO3S/c16-8-1-3-10-13(5-8)19-7-14(15(10)20)23(21,22)9-2-4-12(18)11(17)6-9/h1-7H,(H,19,20). The van der Waals surface area contributed by atoms with Gasteiger partial charge in [-0.1, -0.05) is 23.2 Å². The van der Waals surface area contributed by atoms with E-state index in [1.165, 1.54) is 18.2 Å². The molecule has 8 heteroatoms. The summed E-state index contributed by atoms with van der Waals surface area (Å²) in [5.74, 6) is -0.743. The van der Waals surface area contributed by atoms with E-state index in [9.17, 15) is 17.6 Å². The van der Waals surface area contributed by atoms with Crippen LogP contribution in [0.15, 0.2) is 57.2 Å². The minimum absolute atomic E-state index is 0.184. The van der Waals surface area contributed by atoms with E-state index in [0.29, 0.717) is 10.5 Å². The van der Waals surface area contributed by atoms with Gasteiger partial charge < -0.3 is 4.98 Å². The molecule has 0 spiro atoms. The molecule has 23 heavy (non-hydrogen) atoms. The molecular weight excluding hydrogens is 364 g/mol. The van der Waals surface area contributed by atoms with Crippen molar-refractivity contribution in [1.82, 2.24) is 4.98 Å². The molecule has 0 aliphatic rings. The topological polar surface area (TPSA) is 67.0 Å². The Balaban J connectivity index is 2.26. The first kappa shape index (κ1) is 16.0. The zero-order chi connectivity index (χ0) is 16.8. The molecule has 0 amide bonds. The number of aromatic nitrogens is 1. The fourth-order valence-corrected chi connectivity index (χ4v) is 3.91. The molecule has 3 rings (SSSR count). The van der Waals surface area contributed by atoms with Gasteiger partial charge in [-0.25, -0.2) is 12.8 Å². The molecule has 0 unspecified atom stereocenters. The summed E-state index contributed by atoms with van der Waals surface area (Å²) in [6, 6.07) is 7.41. The van der Waals surface area contributed by atoms with Crippen LogP contribution in [0, 0.1) is 5.82 Å². The Morgan fingerprint density at radius 3 is 2.48 bits per heavy atom. The van der Waals surface area contributed by atoms with Crippen LogP contribution in [0.1, 0.15) is 0 Å². The number of hydrogen-bond acceptors (Lipinski definition) is 3. The van der Waals surface area contributed by atoms with Crippen molar-refractivity contribution in [2.75, 3.05) is 0 Å². The molecule has 3 aromatic rings. The molecule has 0 atom stereocenters. The molecular formula is C15H8Cl2FNO3S. The van der Waals surface area contributed by atoms with Crippen molar-refractivity contribution in [2.24, 2.45) is 0 Å². The second kappa shape index (κ2) is 5.63. The van der Waals surface area contributed by atoms with Gasteiger partial charge in [0.15, 0.2) is 0 Å². The van der Waals surface area contributed by atoms with Crippen molar-refractivity contribution in [3.63, 3.8) is 0 Å². The predicted molar refractivity (Wildman–Crippen MR) is 86.4 cm³/mol. The number of hydrogen-bond donors (Lipinski definition) is 1. The van der Waals surface area contributed by atoms with Gasteiger partial charge in [0, 0.05) is 16.6 Å². The molecule has 1 N–H and O–H groups in total. The average Bonchev–Trinajstić information content (AvgIpc) is 2.49. The number of pyridine rings is 1. The maximum Gasteiger partial charge on any atom is 0.211 e. The normalized spacial score (nSPS) is 11.8. The van der Waals surface area contributed by atoms with Gasteiger partial charge in [0.1, 0.15) is 10.7 Å². The van der Waals surface area contributed by atoms with Gasteiger partial charge in [-0.2, -0.15) is 0 Å². The fourth-order valence-electron chi connectivity index (χ4n) is 2.15. The number of halogens is 3. The van der Waals surface area contributed by atoms with Crippen molar-refractivity contribution in [3.05, 3.63) is 68.7 Å². The Morgan fingerprint density at radius 1 is 1.04 bits per heavy atom. The van der Waals surface area contributed by atoms with Crippen molar-refractivity contribution in [2.45, 2.75) is 9.79 Å². The molecule has 1 heterocycles. The van der Waals surface area contributed by atoms with E-state index in [2.05, 4.69) is 4.98 Å². The second-order valence-electron chi connectivity index (χ2n) is 4.75. The van der Waals surface area contributed by atoms with E-state index in [1.807, 2.05) is 0 Å². The van der Waals surface area contributed by atoms with Gasteiger partial charge >= 0.3 is 0 Å². The lowest BCUT2D eigenvalue weighted by atomic mass is 10.2. The highest BCUT2D eigenvalue weighted by Crippen LogP contribution is 2.24. The summed E-state index contributed by atoms with van der Waals surface area (Å²) in [5, 5.41) is 0.257. The maximum absolute atomic E-state index is 13.2. The molecule has 0 aliphatic heterocycles. The molecule has 0 saturated carbocycles. The number of sulfone groups is 1. The van der Waals surface area contributed by atoms with Gasteiger partial charge in [0.05, 0.1) is 15.4 Å². The van der Waals surface area contributed by atoms with E-state index < -0.39 is 26.0 Å². The average molecular weight is 372 g/mol. The van der Waals surface area contributed by atoms with Gasteiger partial charge in [-0.05, 0) is 36.4 Å². The summed E-state index contributed by atoms with van der Waals surface area (Å²) in [7, 11) is -4.14. The molecule has 4 nitrogen and oxygen atoms in total. The first-order valence-corrected chi connectivity index (χ1v) is 8.56. The van der Waals surface area contributed by atoms with Crippen molar-refractivity contribution < 1.29 is 12.8 Å². The minimum Gasteiger partial charge on any atom is -0.360 e. The Kier molecular flexibility index (Phi) is 3.91. The third kappa shape index (κ3) is 2.73. The van der Waals surface area contributed by atoms with E-state index in [4.69, 9.17) is 23.2 Å². The van der Waals surface area contributed by atoms with Crippen LogP contribution < -0.4 is 5.43 Å². The molecule has 0 bridgehead atoms. The lowest BCUT2D eigenvalue weighted by Gasteiger charge is -2.06. The SMILES string of the molecule is O=c1c(S(=O)(=O)c2ccc(F)c(Cl)c2)c[nH]c2cc(Cl)ccc12. The Morgan fingerprint density at radius 2 is 1.78 bits per heavy atom. The number of nitrogens with one attached hydrogen (secondary N) is 1. The van der Waals surface area contributed by atoms with E-state index >= 15 is 0 Å². The van der Waals surface area contributed by atoms with Crippen LogP contribution >= 0.6 is 23.2 Å². The lowest BCUT2D eigenvalue weighted by Crippen LogP contribution is -2.16. The van der Waals surface area contributed by atoms with Crippen molar-refractivity contribution in [1.29, 1.82) is 0 Å². The van der Waals surface area contributed by atoms with Crippen LogP contribution in [0.4, 0.5) is 4.39 Å². The first-order valence-electron chi connectivity index (χ1n) is 6.32. The fraction of sp³-hybridized carbons (Fsp3) is 0. The van der Waals surface area contributed by atoms with Crippen molar-refractivity contribution in [3.8, 4) is 0 Å². The summed E-state index contributed by atoms with van der Waals surface area (Å²) in [6.45, 7) is 0. The summed E-state index contributed by atoms with van der Waals surface area (Å²) >= 11 is 11.5. The second-order valence-corrected chi connectivity index (χ2v) is 7.51. The summed E-state index contributed by atoms with van der Waals surface area (Å²) < 4.78 is 38.4. The van der Waals surface area contributed by atoms with E-state index in [-0.39, 0.29) is 15.3 Å². The third-order valence-corrected chi connectivity index (χ3v) is 5.58. The summed E-state index contributed by atoms with van der Waals surface area (Å²) in [5.41, 5.74) is -0.255. The molecule has 0 radical (unpaired) electrons. The summed E-state index contributed by atoms with van der Waals surface area (Å²) in [6.07, 6.45) is 1.09. The number of aromatic amines is 1. The van der Waals surface area contributed by atoms with Crippen LogP contribution in [0.5, 0.6) is 0 Å². The Hall–Kier alpha value is -1.89.